The molecule has 9 nitrogen and oxygen atoms in total. The van der Waals surface area contributed by atoms with E-state index in [1.807, 2.05) is 37.1 Å². The van der Waals surface area contributed by atoms with E-state index in [0.29, 0.717) is 23.0 Å². The predicted octanol–water partition coefficient (Wildman–Crippen LogP) is 5.97. The van der Waals surface area contributed by atoms with Crippen LogP contribution in [0.1, 0.15) is 71.1 Å². The number of halogens is 1. The number of hydrogen-bond acceptors (Lipinski definition) is 5. The van der Waals surface area contributed by atoms with Gasteiger partial charge in [-0.2, -0.15) is 0 Å². The van der Waals surface area contributed by atoms with Gasteiger partial charge in [-0.3, -0.25) is 4.57 Å². The van der Waals surface area contributed by atoms with E-state index in [4.69, 9.17) is 16.3 Å². The third-order valence-electron chi connectivity index (χ3n) is 9.20. The molecule has 2 atom stereocenters. The summed E-state index contributed by atoms with van der Waals surface area (Å²) in [6.45, 7) is 2.40. The Bertz CT molecular complexity index is 1510. The smallest absolute Gasteiger partial charge is 0.449 e. The number of carbonyl (C=O) groups is 3. The van der Waals surface area contributed by atoms with Crippen molar-refractivity contribution in [2.75, 3.05) is 7.05 Å². The third-order valence-corrected chi connectivity index (χ3v) is 9.53. The largest absolute Gasteiger partial charge is 0.511 e. The summed E-state index contributed by atoms with van der Waals surface area (Å²) >= 11 is 6.56. The van der Waals surface area contributed by atoms with Gasteiger partial charge in [0.1, 0.15) is 17.6 Å². The van der Waals surface area contributed by atoms with Crippen LogP contribution >= 0.6 is 11.6 Å². The number of hydrogen-bond donors (Lipinski definition) is 1. The van der Waals surface area contributed by atoms with Gasteiger partial charge in [-0.15, -0.1) is 0 Å². The topological polar surface area (TPSA) is 102 Å². The summed E-state index contributed by atoms with van der Waals surface area (Å²) in [7, 11) is 2.00. The first kappa shape index (κ1) is 26.5. The Balaban J connectivity index is 1.31. The highest BCUT2D eigenvalue weighted by Gasteiger charge is 2.52. The predicted molar refractivity (Wildman–Crippen MR) is 147 cm³/mol. The first-order chi connectivity index (χ1) is 19.2. The summed E-state index contributed by atoms with van der Waals surface area (Å²) in [6.07, 6.45) is 5.07. The van der Waals surface area contributed by atoms with Crippen LogP contribution in [0, 0.1) is 6.92 Å². The fourth-order valence-electron chi connectivity index (χ4n) is 7.16. The van der Waals surface area contributed by atoms with Gasteiger partial charge in [0, 0.05) is 30.9 Å². The number of rotatable bonds is 5. The Morgan fingerprint density at radius 2 is 1.85 bits per heavy atom. The van der Waals surface area contributed by atoms with Crippen LogP contribution in [0.25, 0.3) is 0 Å². The van der Waals surface area contributed by atoms with Gasteiger partial charge in [0.25, 0.3) is 0 Å². The van der Waals surface area contributed by atoms with E-state index in [9.17, 15) is 19.5 Å². The molecule has 2 amide bonds. The number of aryl methyl sites for hydroxylation is 2. The van der Waals surface area contributed by atoms with E-state index >= 15 is 0 Å². The minimum Gasteiger partial charge on any atom is -0.449 e. The molecule has 2 aromatic carbocycles. The Kier molecular flexibility index (Phi) is 6.67. The molecule has 2 heterocycles. The lowest BCUT2D eigenvalue weighted by Gasteiger charge is -2.47. The maximum Gasteiger partial charge on any atom is 0.511 e. The molecule has 0 bridgehead atoms. The second-order valence-corrected chi connectivity index (χ2v) is 11.6. The molecule has 208 valence electrons. The summed E-state index contributed by atoms with van der Waals surface area (Å²) in [5.74, 6) is 0.906. The van der Waals surface area contributed by atoms with E-state index in [1.54, 1.807) is 35.0 Å². The molecule has 3 aromatic rings. The molecule has 0 radical (unpaired) electrons. The average molecular weight is 564 g/mol. The minimum absolute atomic E-state index is 0.0000427. The zero-order valence-electron chi connectivity index (χ0n) is 22.5. The molecule has 0 saturated heterocycles. The van der Waals surface area contributed by atoms with E-state index in [2.05, 4.69) is 4.98 Å². The quantitative estimate of drug-likeness (QED) is 0.233. The minimum atomic E-state index is -1.37. The molecule has 1 N–H and O–H groups in total. The number of carbonyl (C=O) groups excluding carboxylic acids is 2. The van der Waals surface area contributed by atoms with Gasteiger partial charge in [-0.1, -0.05) is 29.8 Å². The van der Waals surface area contributed by atoms with Crippen LogP contribution in [0.3, 0.4) is 0 Å². The first-order valence-corrected chi connectivity index (χ1v) is 14.1. The molecule has 1 aliphatic heterocycles. The lowest BCUT2D eigenvalue weighted by Crippen LogP contribution is -2.59. The Hall–Kier alpha value is -3.69. The zero-order valence-corrected chi connectivity index (χ0v) is 23.3. The number of carboxylic acid groups (broad SMARTS) is 1. The monoisotopic (exact) mass is 563 g/mol. The number of imidazole rings is 1. The third kappa shape index (κ3) is 4.28. The van der Waals surface area contributed by atoms with Crippen molar-refractivity contribution in [1.82, 2.24) is 14.5 Å². The highest BCUT2D eigenvalue weighted by atomic mass is 35.5. The maximum absolute atomic E-state index is 14.5. The fourth-order valence-corrected chi connectivity index (χ4v) is 7.38. The van der Waals surface area contributed by atoms with Crippen molar-refractivity contribution in [3.8, 4) is 5.75 Å². The van der Waals surface area contributed by atoms with Gasteiger partial charge < -0.3 is 14.7 Å². The summed E-state index contributed by atoms with van der Waals surface area (Å²) in [5, 5.41) is 9.59. The van der Waals surface area contributed by atoms with Crippen LogP contribution in [-0.2, 0) is 13.0 Å². The molecular weight excluding hydrogens is 532 g/mol. The van der Waals surface area contributed by atoms with Gasteiger partial charge in [0.15, 0.2) is 0 Å². The van der Waals surface area contributed by atoms with Crippen molar-refractivity contribution in [3.63, 3.8) is 0 Å². The van der Waals surface area contributed by atoms with Crippen LogP contribution < -0.4 is 4.74 Å². The van der Waals surface area contributed by atoms with Crippen molar-refractivity contribution in [2.24, 2.45) is 0 Å². The van der Waals surface area contributed by atoms with Crippen LogP contribution in [0.2, 0.25) is 5.02 Å². The Morgan fingerprint density at radius 1 is 1.10 bits per heavy atom. The van der Waals surface area contributed by atoms with Crippen LogP contribution in [-0.4, -0.2) is 61.3 Å². The fraction of sp³-hybridized carbons (Fsp3) is 0.400. The molecule has 2 unspecified atom stereocenters. The Labute approximate surface area is 237 Å². The Morgan fingerprint density at radius 3 is 2.55 bits per heavy atom. The standard InChI is InChI=1S/C30H31ClN4O5/c1-18-32-16-21-17-33(29(37)34(18)21)20-9-11-22(12-10-20)35(2,28(36)24-5-3-4-6-26(24)31)27-14-8-19-7-13-23(15-25(19)27)40-30(38)39/h3-7,13,15-16,20,22,27H,8-12,14,17H2,1-2H3/p+1. The molecular formula is C30H32ClN4O5+. The van der Waals surface area contributed by atoms with E-state index in [1.165, 1.54) is 0 Å². The number of quaternary nitrogens is 1. The number of ether oxygens (including phenoxy) is 1. The van der Waals surface area contributed by atoms with Gasteiger partial charge >= 0.3 is 18.1 Å². The summed E-state index contributed by atoms with van der Waals surface area (Å²) in [5.41, 5.74) is 3.44. The van der Waals surface area contributed by atoms with Gasteiger partial charge in [0.2, 0.25) is 0 Å². The molecule has 0 spiro atoms. The SMILES string of the molecule is Cc1ncc2n1C(=O)N(C1CCC([N+](C)(C(=O)c3ccccc3Cl)C3CCc4ccc(OC(=O)O)cc43)CC1)C2. The van der Waals surface area contributed by atoms with Gasteiger partial charge in [-0.25, -0.2) is 23.9 Å². The van der Waals surface area contributed by atoms with E-state index in [0.717, 1.165) is 55.3 Å². The number of benzene rings is 2. The zero-order chi connectivity index (χ0) is 28.2. The summed E-state index contributed by atoms with van der Waals surface area (Å²) in [4.78, 5) is 45.1. The molecule has 3 aliphatic rings. The summed E-state index contributed by atoms with van der Waals surface area (Å²) < 4.78 is 6.81. The van der Waals surface area contributed by atoms with Crippen molar-refractivity contribution < 1.29 is 28.7 Å². The van der Waals surface area contributed by atoms with Crippen molar-refractivity contribution in [3.05, 3.63) is 81.9 Å². The molecule has 40 heavy (non-hydrogen) atoms. The highest BCUT2D eigenvalue weighted by molar-refractivity contribution is 6.33. The van der Waals surface area contributed by atoms with Crippen LogP contribution in [0.4, 0.5) is 9.59 Å². The molecule has 10 heteroatoms. The van der Waals surface area contributed by atoms with Crippen LogP contribution in [0.5, 0.6) is 5.75 Å². The highest BCUT2D eigenvalue weighted by Crippen LogP contribution is 2.47. The van der Waals surface area contributed by atoms with Gasteiger partial charge in [-0.05, 0) is 56.0 Å². The van der Waals surface area contributed by atoms with Crippen molar-refractivity contribution >= 4 is 29.7 Å². The van der Waals surface area contributed by atoms with Gasteiger partial charge in [0.05, 0.1) is 42.1 Å². The second kappa shape index (κ2) is 10.1. The molecule has 2 aliphatic carbocycles. The van der Waals surface area contributed by atoms with E-state index < -0.39 is 6.16 Å². The normalized spacial score (nSPS) is 23.4. The van der Waals surface area contributed by atoms with E-state index in [-0.39, 0.29) is 40.3 Å². The molecule has 1 fully saturated rings. The molecule has 1 aromatic heterocycles. The lowest BCUT2D eigenvalue weighted by molar-refractivity contribution is -0.887. The number of aromatic nitrogens is 2. The van der Waals surface area contributed by atoms with Crippen molar-refractivity contribution in [1.29, 1.82) is 0 Å². The number of amides is 2. The molecule has 1 saturated carbocycles. The number of nitrogens with zero attached hydrogens (tertiary/aromatic N) is 4. The number of fused-ring (bicyclic) bond motifs is 2. The average Bonchev–Trinajstić information content (AvgIpc) is 3.63. The first-order valence-electron chi connectivity index (χ1n) is 13.7. The lowest BCUT2D eigenvalue weighted by atomic mass is 9.85. The van der Waals surface area contributed by atoms with Crippen molar-refractivity contribution in [2.45, 2.75) is 70.1 Å². The second-order valence-electron chi connectivity index (χ2n) is 11.2. The molecule has 6 rings (SSSR count). The van der Waals surface area contributed by atoms with Crippen LogP contribution in [0.15, 0.2) is 48.7 Å². The summed E-state index contributed by atoms with van der Waals surface area (Å²) in [6, 6.07) is 12.4. The maximum atomic E-state index is 14.5.